The van der Waals surface area contributed by atoms with Gasteiger partial charge in [-0.05, 0) is 37.5 Å². The van der Waals surface area contributed by atoms with Crippen LogP contribution in [0.5, 0.6) is 0 Å². The minimum absolute atomic E-state index is 0.000264. The third kappa shape index (κ3) is 4.01. The zero-order valence-corrected chi connectivity index (χ0v) is 18.7. The maximum atomic E-state index is 13.9. The van der Waals surface area contributed by atoms with Crippen molar-refractivity contribution in [2.45, 2.75) is 44.0 Å². The van der Waals surface area contributed by atoms with Gasteiger partial charge >= 0.3 is 0 Å². The Balaban J connectivity index is 1.60. The molecule has 1 fully saturated rings. The van der Waals surface area contributed by atoms with Gasteiger partial charge in [0.25, 0.3) is 0 Å². The third-order valence-corrected chi connectivity index (χ3v) is 7.92. The molecule has 0 bridgehead atoms. The molecule has 1 aromatic heterocycles. The van der Waals surface area contributed by atoms with Gasteiger partial charge < -0.3 is 10.2 Å². The molecule has 0 aliphatic carbocycles. The van der Waals surface area contributed by atoms with Crippen LogP contribution < -0.4 is 5.32 Å². The first-order chi connectivity index (χ1) is 14.7. The maximum Gasteiger partial charge on any atom is 0.243 e. The fourth-order valence-electron chi connectivity index (χ4n) is 4.15. The van der Waals surface area contributed by atoms with Gasteiger partial charge in [0.2, 0.25) is 15.9 Å². The summed E-state index contributed by atoms with van der Waals surface area (Å²) in [6, 6.07) is 3.98. The molecule has 166 valence electrons. The average molecular weight is 448 g/mol. The molecular formula is C21H26FN5O3S. The van der Waals surface area contributed by atoms with Crippen molar-refractivity contribution in [3.8, 4) is 0 Å². The topological polar surface area (TPSA) is 95.5 Å². The minimum atomic E-state index is -3.80. The summed E-state index contributed by atoms with van der Waals surface area (Å²) < 4.78 is 41.3. The van der Waals surface area contributed by atoms with Crippen LogP contribution in [0.15, 0.2) is 23.1 Å². The Morgan fingerprint density at radius 2 is 2.03 bits per heavy atom. The van der Waals surface area contributed by atoms with E-state index in [0.29, 0.717) is 43.9 Å². The Kier molecular flexibility index (Phi) is 5.69. The van der Waals surface area contributed by atoms with Crippen LogP contribution in [-0.2, 0) is 27.8 Å². The number of anilines is 1. The fraction of sp³-hybridized carbons (Fsp3) is 0.476. The summed E-state index contributed by atoms with van der Waals surface area (Å²) in [4.78, 5) is 22.9. The molecule has 10 heteroatoms. The smallest absolute Gasteiger partial charge is 0.243 e. The molecule has 1 saturated heterocycles. The van der Waals surface area contributed by atoms with E-state index in [0.717, 1.165) is 23.1 Å². The second-order valence-corrected chi connectivity index (χ2v) is 9.99. The quantitative estimate of drug-likeness (QED) is 0.771. The van der Waals surface area contributed by atoms with Crippen LogP contribution >= 0.6 is 0 Å². The molecule has 0 radical (unpaired) electrons. The van der Waals surface area contributed by atoms with Gasteiger partial charge in [0, 0.05) is 45.1 Å². The second-order valence-electron chi connectivity index (χ2n) is 8.06. The number of hydrogen-bond acceptors (Lipinski definition) is 6. The van der Waals surface area contributed by atoms with Gasteiger partial charge in [-0.2, -0.15) is 4.31 Å². The van der Waals surface area contributed by atoms with E-state index in [2.05, 4.69) is 10.3 Å². The van der Waals surface area contributed by atoms with Gasteiger partial charge in [-0.1, -0.05) is 6.07 Å². The maximum absolute atomic E-state index is 13.9. The fourth-order valence-corrected chi connectivity index (χ4v) is 5.66. The van der Waals surface area contributed by atoms with Crippen LogP contribution in [0.2, 0.25) is 0 Å². The van der Waals surface area contributed by atoms with E-state index in [1.165, 1.54) is 16.4 Å². The van der Waals surface area contributed by atoms with Crippen molar-refractivity contribution < 1.29 is 17.6 Å². The summed E-state index contributed by atoms with van der Waals surface area (Å²) in [6.45, 7) is 4.74. The molecule has 2 aliphatic rings. The molecule has 8 nitrogen and oxygen atoms in total. The monoisotopic (exact) mass is 447 g/mol. The first kappa shape index (κ1) is 21.6. The Hall–Kier alpha value is -2.59. The van der Waals surface area contributed by atoms with Crippen LogP contribution in [0.4, 0.5) is 10.2 Å². The Morgan fingerprint density at radius 1 is 1.26 bits per heavy atom. The van der Waals surface area contributed by atoms with Crippen LogP contribution in [0.25, 0.3) is 0 Å². The summed E-state index contributed by atoms with van der Waals surface area (Å²) >= 11 is 0. The van der Waals surface area contributed by atoms with Crippen LogP contribution in [-0.4, -0.2) is 60.2 Å². The zero-order valence-electron chi connectivity index (χ0n) is 17.9. The molecule has 1 amide bonds. The van der Waals surface area contributed by atoms with Gasteiger partial charge in [0.15, 0.2) is 0 Å². The summed E-state index contributed by atoms with van der Waals surface area (Å²) in [5.74, 6) is 0.588. The molecule has 1 unspecified atom stereocenters. The predicted molar refractivity (Wildman–Crippen MR) is 114 cm³/mol. The van der Waals surface area contributed by atoms with Crippen molar-refractivity contribution in [2.24, 2.45) is 0 Å². The molecule has 4 rings (SSSR count). The number of rotatable bonds is 4. The van der Waals surface area contributed by atoms with E-state index < -0.39 is 15.8 Å². The summed E-state index contributed by atoms with van der Waals surface area (Å²) in [5, 5.41) is 3.11. The third-order valence-electron chi connectivity index (χ3n) is 6.06. The van der Waals surface area contributed by atoms with Crippen LogP contribution in [0.1, 0.15) is 41.9 Å². The normalized spacial score (nSPS) is 19.4. The Bertz CT molecular complexity index is 1140. The Labute approximate surface area is 181 Å². The largest absolute Gasteiger partial charge is 0.373 e. The number of hydrogen-bond donors (Lipinski definition) is 1. The molecule has 0 spiro atoms. The van der Waals surface area contributed by atoms with Gasteiger partial charge in [-0.15, -0.1) is 0 Å². The van der Waals surface area contributed by atoms with Crippen molar-refractivity contribution in [1.29, 1.82) is 0 Å². The molecule has 1 atom stereocenters. The first-order valence-corrected chi connectivity index (χ1v) is 11.7. The number of aryl methyl sites for hydroxylation is 1. The lowest BCUT2D eigenvalue weighted by atomic mass is 10.0. The number of carbonyl (C=O) groups excluding carboxylic acids is 1. The number of carbonyl (C=O) groups is 1. The van der Waals surface area contributed by atoms with E-state index in [1.54, 1.807) is 25.8 Å². The molecule has 2 aromatic rings. The molecule has 2 aliphatic heterocycles. The van der Waals surface area contributed by atoms with E-state index >= 15 is 0 Å². The molecule has 1 N–H and O–H groups in total. The van der Waals surface area contributed by atoms with Crippen LogP contribution in [0, 0.1) is 12.7 Å². The number of fused-ring (bicyclic) bond motifs is 1. The van der Waals surface area contributed by atoms with Gasteiger partial charge in [-0.25, -0.2) is 22.8 Å². The summed E-state index contributed by atoms with van der Waals surface area (Å²) in [6.07, 6.45) is 1.25. The molecule has 1 aromatic carbocycles. The number of amides is 1. The standard InChI is InChI=1S/C21H26FN5O3S/c1-13-4-5-16(10-18(13)22)31(29,30)27-9-6-15(11-27)20-24-19-12-26(14(2)28)8-7-17(19)21(23-3)25-20/h4-5,10,15H,6-9,11-12H2,1-3H3,(H,23,24,25). The van der Waals surface area contributed by atoms with Crippen molar-refractivity contribution in [2.75, 3.05) is 32.0 Å². The number of benzene rings is 1. The van der Waals surface area contributed by atoms with Crippen molar-refractivity contribution >= 4 is 21.7 Å². The van der Waals surface area contributed by atoms with Crippen LogP contribution in [0.3, 0.4) is 0 Å². The van der Waals surface area contributed by atoms with Gasteiger partial charge in [0.1, 0.15) is 17.5 Å². The number of halogens is 1. The van der Waals surface area contributed by atoms with E-state index in [4.69, 9.17) is 4.98 Å². The second kappa shape index (κ2) is 8.16. The summed E-state index contributed by atoms with van der Waals surface area (Å²) in [5.41, 5.74) is 2.21. The zero-order chi connectivity index (χ0) is 22.3. The highest BCUT2D eigenvalue weighted by Crippen LogP contribution is 2.32. The van der Waals surface area contributed by atoms with E-state index in [1.807, 2.05) is 0 Å². The van der Waals surface area contributed by atoms with Crippen molar-refractivity contribution in [3.63, 3.8) is 0 Å². The highest BCUT2D eigenvalue weighted by atomic mass is 32.2. The highest BCUT2D eigenvalue weighted by molar-refractivity contribution is 7.89. The lowest BCUT2D eigenvalue weighted by molar-refractivity contribution is -0.129. The SMILES string of the molecule is CNc1nc(C2CCN(S(=O)(=O)c3ccc(C)c(F)c3)C2)nc2c1CCN(C(C)=O)C2. The Morgan fingerprint density at radius 3 is 2.71 bits per heavy atom. The molecular weight excluding hydrogens is 421 g/mol. The predicted octanol–water partition coefficient (Wildman–Crippen LogP) is 2.05. The number of nitrogens with zero attached hydrogens (tertiary/aromatic N) is 4. The minimum Gasteiger partial charge on any atom is -0.373 e. The average Bonchev–Trinajstić information content (AvgIpc) is 3.25. The van der Waals surface area contributed by atoms with Crippen molar-refractivity contribution in [1.82, 2.24) is 19.2 Å². The first-order valence-electron chi connectivity index (χ1n) is 10.3. The lowest BCUT2D eigenvalue weighted by Crippen LogP contribution is -2.35. The molecule has 0 saturated carbocycles. The van der Waals surface area contributed by atoms with Gasteiger partial charge in [0.05, 0.1) is 17.1 Å². The number of nitrogens with one attached hydrogen (secondary N) is 1. The molecule has 31 heavy (non-hydrogen) atoms. The van der Waals surface area contributed by atoms with Gasteiger partial charge in [-0.3, -0.25) is 4.79 Å². The van der Waals surface area contributed by atoms with E-state index in [-0.39, 0.29) is 23.3 Å². The summed E-state index contributed by atoms with van der Waals surface area (Å²) in [7, 11) is -2.01. The number of aromatic nitrogens is 2. The highest BCUT2D eigenvalue weighted by Gasteiger charge is 2.36. The lowest BCUT2D eigenvalue weighted by Gasteiger charge is -2.29. The molecule has 3 heterocycles. The van der Waals surface area contributed by atoms with E-state index in [9.17, 15) is 17.6 Å². The van der Waals surface area contributed by atoms with Crippen molar-refractivity contribution in [3.05, 3.63) is 46.7 Å². The number of sulfonamides is 1.